The van der Waals surface area contributed by atoms with E-state index in [0.717, 1.165) is 0 Å². The maximum absolute atomic E-state index is 14.9. The molecule has 0 saturated heterocycles. The highest BCUT2D eigenvalue weighted by atomic mass is 35.5. The summed E-state index contributed by atoms with van der Waals surface area (Å²) in [6.07, 6.45) is 1.54. The second kappa shape index (κ2) is 9.67. The summed E-state index contributed by atoms with van der Waals surface area (Å²) < 4.78 is 16.2. The zero-order valence-electron chi connectivity index (χ0n) is 18.8. The molecule has 1 atom stereocenters. The van der Waals surface area contributed by atoms with E-state index in [1.807, 2.05) is 0 Å². The largest absolute Gasteiger partial charge is 0.326 e. The number of hydrogen-bond donors (Lipinski definition) is 2. The van der Waals surface area contributed by atoms with Crippen LogP contribution >= 0.6 is 11.6 Å². The van der Waals surface area contributed by atoms with Crippen LogP contribution in [-0.4, -0.2) is 23.1 Å². The Hall–Kier alpha value is -4.43. The average molecular weight is 503 g/mol. The molecular weight excluding hydrogens is 483 g/mol. The minimum absolute atomic E-state index is 0.0192. The van der Waals surface area contributed by atoms with Gasteiger partial charge in [0.2, 0.25) is 5.91 Å². The Morgan fingerprint density at radius 2 is 1.67 bits per heavy atom. The summed E-state index contributed by atoms with van der Waals surface area (Å²) in [7, 11) is 0. The van der Waals surface area contributed by atoms with E-state index in [0.29, 0.717) is 27.6 Å². The Morgan fingerprint density at radius 3 is 2.42 bits per heavy atom. The lowest BCUT2D eigenvalue weighted by Gasteiger charge is -2.19. The van der Waals surface area contributed by atoms with Gasteiger partial charge in [-0.05, 0) is 54.1 Å². The number of amides is 3. The van der Waals surface area contributed by atoms with Gasteiger partial charge in [0, 0.05) is 41.3 Å². The lowest BCUT2D eigenvalue weighted by molar-refractivity contribution is -0.117. The van der Waals surface area contributed by atoms with Gasteiger partial charge in [-0.25, -0.2) is 9.18 Å². The molecule has 3 amide bonds. The molecule has 4 aromatic rings. The van der Waals surface area contributed by atoms with Crippen LogP contribution in [0.2, 0.25) is 5.02 Å². The Bertz CT molecular complexity index is 1520. The SMILES string of the molecule is O=C(Nc1ccc(-n2ccccc2=O)cc1F)C1CN(C(=O)Nc2ccc(Cl)cc2)c2ccccc21. The van der Waals surface area contributed by atoms with Gasteiger partial charge in [-0.15, -0.1) is 0 Å². The first kappa shape index (κ1) is 23.3. The number of nitrogens with one attached hydrogen (secondary N) is 2. The molecule has 5 rings (SSSR count). The third kappa shape index (κ3) is 4.58. The molecule has 0 fully saturated rings. The molecule has 0 spiro atoms. The third-order valence-electron chi connectivity index (χ3n) is 5.94. The minimum atomic E-state index is -0.701. The first-order valence-electron chi connectivity index (χ1n) is 11.1. The van der Waals surface area contributed by atoms with Crippen LogP contribution in [0.1, 0.15) is 11.5 Å². The van der Waals surface area contributed by atoms with Gasteiger partial charge < -0.3 is 10.6 Å². The molecule has 0 radical (unpaired) electrons. The van der Waals surface area contributed by atoms with Gasteiger partial charge in [-0.1, -0.05) is 35.9 Å². The van der Waals surface area contributed by atoms with Crippen LogP contribution in [0.25, 0.3) is 5.69 Å². The molecule has 9 heteroatoms. The second-order valence-corrected chi connectivity index (χ2v) is 8.66. The smallest absolute Gasteiger partial charge is 0.323 e. The molecule has 1 unspecified atom stereocenters. The van der Waals surface area contributed by atoms with E-state index < -0.39 is 23.7 Å². The van der Waals surface area contributed by atoms with Gasteiger partial charge in [-0.2, -0.15) is 0 Å². The van der Waals surface area contributed by atoms with Gasteiger partial charge in [0.05, 0.1) is 17.3 Å². The van der Waals surface area contributed by atoms with Gasteiger partial charge in [0.1, 0.15) is 5.82 Å². The van der Waals surface area contributed by atoms with Crippen molar-refractivity contribution in [1.29, 1.82) is 0 Å². The van der Waals surface area contributed by atoms with Crippen molar-refractivity contribution in [3.05, 3.63) is 118 Å². The lowest BCUT2D eigenvalue weighted by atomic mass is 10.0. The van der Waals surface area contributed by atoms with Gasteiger partial charge in [-0.3, -0.25) is 19.1 Å². The van der Waals surface area contributed by atoms with E-state index in [1.165, 1.54) is 33.9 Å². The van der Waals surface area contributed by atoms with Crippen molar-refractivity contribution in [2.24, 2.45) is 0 Å². The van der Waals surface area contributed by atoms with E-state index in [4.69, 9.17) is 11.6 Å². The highest BCUT2D eigenvalue weighted by Gasteiger charge is 2.36. The summed E-state index contributed by atoms with van der Waals surface area (Å²) in [6, 6.07) is 22.2. The van der Waals surface area contributed by atoms with Crippen LogP contribution in [0.3, 0.4) is 0 Å². The number of carbonyl (C=O) groups is 2. The second-order valence-electron chi connectivity index (χ2n) is 8.22. The Kier molecular flexibility index (Phi) is 6.26. The Morgan fingerprint density at radius 1 is 0.917 bits per heavy atom. The van der Waals surface area contributed by atoms with E-state index in [9.17, 15) is 18.8 Å². The van der Waals surface area contributed by atoms with Crippen molar-refractivity contribution in [1.82, 2.24) is 4.57 Å². The summed E-state index contributed by atoms with van der Waals surface area (Å²) in [5.74, 6) is -1.83. The van der Waals surface area contributed by atoms with Gasteiger partial charge in [0.25, 0.3) is 5.56 Å². The summed E-state index contributed by atoms with van der Waals surface area (Å²) >= 11 is 5.91. The normalized spacial score (nSPS) is 14.3. The standard InChI is InChI=1S/C27H20ClFN4O3/c28-17-8-10-18(11-9-17)30-27(36)33-16-21(20-5-1-2-6-24(20)33)26(35)31-23-13-12-19(15-22(23)29)32-14-4-3-7-25(32)34/h1-15,21H,16H2,(H,30,36)(H,31,35). The fourth-order valence-electron chi connectivity index (χ4n) is 4.16. The average Bonchev–Trinajstić information content (AvgIpc) is 3.27. The fourth-order valence-corrected chi connectivity index (χ4v) is 4.29. The zero-order valence-corrected chi connectivity index (χ0v) is 19.6. The van der Waals surface area contributed by atoms with Crippen molar-refractivity contribution >= 4 is 40.6 Å². The first-order chi connectivity index (χ1) is 17.4. The monoisotopic (exact) mass is 502 g/mol. The molecule has 2 N–H and O–H groups in total. The van der Waals surface area contributed by atoms with Crippen LogP contribution in [0, 0.1) is 5.82 Å². The molecular formula is C27H20ClFN4O3. The van der Waals surface area contributed by atoms with Crippen LogP contribution in [0.15, 0.2) is 95.9 Å². The predicted octanol–water partition coefficient (Wildman–Crippen LogP) is 5.40. The maximum atomic E-state index is 14.9. The number of nitrogens with zero attached hydrogens (tertiary/aromatic N) is 2. The number of anilines is 3. The molecule has 0 saturated carbocycles. The number of rotatable bonds is 4. The number of halogens is 2. The molecule has 1 aliphatic heterocycles. The van der Waals surface area contributed by atoms with Crippen LogP contribution in [0.4, 0.5) is 26.2 Å². The van der Waals surface area contributed by atoms with Crippen molar-refractivity contribution in [2.45, 2.75) is 5.92 Å². The molecule has 2 heterocycles. The molecule has 0 aliphatic carbocycles. The summed E-state index contributed by atoms with van der Waals surface area (Å²) in [6.45, 7) is 0.0870. The quantitative estimate of drug-likeness (QED) is 0.391. The van der Waals surface area contributed by atoms with E-state index in [-0.39, 0.29) is 17.8 Å². The molecule has 1 aliphatic rings. The number of fused-ring (bicyclic) bond motifs is 1. The van der Waals surface area contributed by atoms with Gasteiger partial charge in [0.15, 0.2) is 0 Å². The number of benzene rings is 3. The maximum Gasteiger partial charge on any atom is 0.326 e. The molecule has 180 valence electrons. The Labute approximate surface area is 210 Å². The number of pyridine rings is 1. The van der Waals surface area contributed by atoms with Crippen molar-refractivity contribution in [3.8, 4) is 5.69 Å². The first-order valence-corrected chi connectivity index (χ1v) is 11.5. The zero-order chi connectivity index (χ0) is 25.2. The van der Waals surface area contributed by atoms with Crippen LogP contribution < -0.4 is 21.1 Å². The summed E-state index contributed by atoms with van der Waals surface area (Å²) in [4.78, 5) is 39.7. The van der Waals surface area contributed by atoms with E-state index >= 15 is 0 Å². The van der Waals surface area contributed by atoms with Gasteiger partial charge >= 0.3 is 6.03 Å². The number of hydrogen-bond acceptors (Lipinski definition) is 3. The third-order valence-corrected chi connectivity index (χ3v) is 6.19. The van der Waals surface area contributed by atoms with Crippen LogP contribution in [0.5, 0.6) is 0 Å². The Balaban J connectivity index is 1.35. The highest BCUT2D eigenvalue weighted by molar-refractivity contribution is 6.30. The minimum Gasteiger partial charge on any atom is -0.323 e. The highest BCUT2D eigenvalue weighted by Crippen LogP contribution is 2.37. The fraction of sp³-hybridized carbons (Fsp3) is 0.0741. The van der Waals surface area contributed by atoms with Crippen molar-refractivity contribution < 1.29 is 14.0 Å². The number of para-hydroxylation sites is 1. The van der Waals surface area contributed by atoms with E-state index in [2.05, 4.69) is 10.6 Å². The number of aromatic nitrogens is 1. The molecule has 3 aromatic carbocycles. The molecule has 0 bridgehead atoms. The lowest BCUT2D eigenvalue weighted by Crippen LogP contribution is -2.36. The molecule has 1 aromatic heterocycles. The summed E-state index contributed by atoms with van der Waals surface area (Å²) in [5.41, 5.74) is 1.85. The molecule has 36 heavy (non-hydrogen) atoms. The van der Waals surface area contributed by atoms with E-state index in [1.54, 1.807) is 66.7 Å². The summed E-state index contributed by atoms with van der Waals surface area (Å²) in [5, 5.41) is 5.98. The number of urea groups is 1. The van der Waals surface area contributed by atoms with Crippen LogP contribution in [-0.2, 0) is 4.79 Å². The van der Waals surface area contributed by atoms with Crippen molar-refractivity contribution in [2.75, 3.05) is 22.1 Å². The number of carbonyl (C=O) groups excluding carboxylic acids is 2. The predicted molar refractivity (Wildman–Crippen MR) is 138 cm³/mol. The molecule has 7 nitrogen and oxygen atoms in total. The van der Waals surface area contributed by atoms with Crippen molar-refractivity contribution in [3.63, 3.8) is 0 Å². The topological polar surface area (TPSA) is 83.4 Å².